The molecule has 6 heavy (non-hydrogen) atoms. The van der Waals surface area contributed by atoms with Gasteiger partial charge in [-0.05, 0) is 0 Å². The van der Waals surface area contributed by atoms with E-state index in [0.717, 1.165) is 0 Å². The average Bonchev–Trinajstić information content (AvgIpc) is 1.41. The second-order valence-corrected chi connectivity index (χ2v) is 0.928. The van der Waals surface area contributed by atoms with Gasteiger partial charge in [0.25, 0.3) is 6.34 Å². The van der Waals surface area contributed by atoms with Crippen LogP contribution in [0.3, 0.4) is 0 Å². The lowest BCUT2D eigenvalue weighted by Gasteiger charge is -1.81. The van der Waals surface area contributed by atoms with Crippen LogP contribution in [0.15, 0.2) is 0 Å². The van der Waals surface area contributed by atoms with Gasteiger partial charge in [-0.2, -0.15) is 0 Å². The van der Waals surface area contributed by atoms with Crippen molar-refractivity contribution >= 4 is 44.4 Å². The Morgan fingerprint density at radius 1 is 1.67 bits per heavy atom. The Hall–Kier alpha value is 0.490. The van der Waals surface area contributed by atoms with Gasteiger partial charge in [-0.1, -0.05) is 0 Å². The first kappa shape index (κ1) is 9.70. The number of hydrogen-bond acceptors (Lipinski definition) is 2. The summed E-state index contributed by atoms with van der Waals surface area (Å²) in [5, 5.41) is 0. The van der Waals surface area contributed by atoms with Crippen LogP contribution in [0, 0.1) is 0 Å². The molecule has 0 rings (SSSR count). The molecular formula is CH5ClN2S2. The third kappa shape index (κ3) is 8.82. The van der Waals surface area contributed by atoms with Crippen LogP contribution in [0.5, 0.6) is 0 Å². The largest absolute Gasteiger partial charge is 0.487 e. The van der Waals surface area contributed by atoms with E-state index in [1.54, 1.807) is 0 Å². The van der Waals surface area contributed by atoms with E-state index < -0.39 is 0 Å². The predicted molar refractivity (Wildman–Crippen MR) is 30.9 cm³/mol. The van der Waals surface area contributed by atoms with Crippen molar-refractivity contribution in [3.63, 3.8) is 0 Å². The van der Waals surface area contributed by atoms with Crippen LogP contribution >= 0.6 is 12.4 Å². The molecule has 0 unspecified atom stereocenters. The summed E-state index contributed by atoms with van der Waals surface area (Å²) >= 11 is 8.59. The zero-order valence-electron chi connectivity index (χ0n) is 2.88. The molecule has 0 heterocycles. The minimum atomic E-state index is 0. The standard InChI is InChI=1S/CH4N2S2.ClH/c4-2-1-3-5;/h1-2H,3H2;1H/b2-1+;. The van der Waals surface area contributed by atoms with Crippen LogP contribution in [0.4, 0.5) is 0 Å². The molecule has 0 aliphatic rings. The number of rotatable bonds is 1. The van der Waals surface area contributed by atoms with Crippen LogP contribution < -0.4 is 9.12 Å². The van der Waals surface area contributed by atoms with Gasteiger partial charge in [0, 0.05) is 0 Å². The van der Waals surface area contributed by atoms with Crippen molar-refractivity contribution in [2.24, 2.45) is 0 Å². The maximum atomic E-state index is 4.34. The lowest BCUT2D eigenvalue weighted by atomic mass is 11.4. The van der Waals surface area contributed by atoms with Crippen molar-refractivity contribution in [2.45, 2.75) is 0 Å². The van der Waals surface area contributed by atoms with Crippen molar-refractivity contribution in [1.82, 2.24) is 0 Å². The first-order valence-electron chi connectivity index (χ1n) is 1.06. The Bertz CT molecular complexity index is 38.5. The normalized spacial score (nSPS) is 8.17. The highest BCUT2D eigenvalue weighted by Gasteiger charge is 1.46. The van der Waals surface area contributed by atoms with E-state index in [-0.39, 0.29) is 12.4 Å². The first-order valence-corrected chi connectivity index (χ1v) is 1.94. The Labute approximate surface area is 53.9 Å². The number of nitrogens with one attached hydrogen (secondary N) is 1. The summed E-state index contributed by atoms with van der Waals surface area (Å²) < 4.78 is 3.74. The molecule has 0 aliphatic carbocycles. The molecule has 0 saturated carbocycles. The quantitative estimate of drug-likeness (QED) is 0.234. The molecular weight excluding hydrogens is 140 g/mol. The average molecular weight is 145 g/mol. The van der Waals surface area contributed by atoms with E-state index in [4.69, 9.17) is 0 Å². The molecule has 0 aromatic carbocycles. The zero-order chi connectivity index (χ0) is 4.12. The van der Waals surface area contributed by atoms with Gasteiger partial charge in [0.2, 0.25) is 0 Å². The van der Waals surface area contributed by atoms with Crippen molar-refractivity contribution in [3.05, 3.63) is 0 Å². The van der Waals surface area contributed by atoms with Crippen LogP contribution in [-0.4, -0.2) is 6.34 Å². The van der Waals surface area contributed by atoms with Crippen LogP contribution in [-0.2, 0) is 25.6 Å². The molecule has 0 amide bonds. The summed E-state index contributed by atoms with van der Waals surface area (Å²) in [6, 6.07) is 0. The monoisotopic (exact) mass is 144 g/mol. The fourth-order valence-corrected chi connectivity index (χ4v) is 0.250. The maximum Gasteiger partial charge on any atom is 0.289 e. The van der Waals surface area contributed by atoms with E-state index >= 15 is 0 Å². The molecule has 0 saturated heterocycles. The first-order chi connectivity index (χ1) is 2.41. The van der Waals surface area contributed by atoms with E-state index in [1.807, 2.05) is 0 Å². The van der Waals surface area contributed by atoms with Gasteiger partial charge < -0.3 is 34.7 Å². The molecule has 0 atom stereocenters. The van der Waals surface area contributed by atoms with E-state index in [2.05, 4.69) is 30.0 Å². The Morgan fingerprint density at radius 2 is 2.17 bits per heavy atom. The van der Waals surface area contributed by atoms with Crippen molar-refractivity contribution in [3.8, 4) is 0 Å². The van der Waals surface area contributed by atoms with Crippen LogP contribution in [0.1, 0.15) is 0 Å². The van der Waals surface area contributed by atoms with Crippen molar-refractivity contribution in [1.29, 1.82) is 0 Å². The van der Waals surface area contributed by atoms with Crippen molar-refractivity contribution in [2.75, 3.05) is 0 Å². The number of quaternary nitrogens is 1. The Morgan fingerprint density at radius 3 is 2.17 bits per heavy atom. The molecule has 38 valence electrons. The second kappa shape index (κ2) is 9.09. The van der Waals surface area contributed by atoms with Gasteiger partial charge in [-0.3, -0.25) is 0 Å². The van der Waals surface area contributed by atoms with Gasteiger partial charge in [-0.15, -0.1) is 12.4 Å². The summed E-state index contributed by atoms with van der Waals surface area (Å²) in [6.45, 7) is 0. The van der Waals surface area contributed by atoms with Crippen LogP contribution in [0.2, 0.25) is 0 Å². The van der Waals surface area contributed by atoms with Crippen molar-refractivity contribution < 1.29 is 9.12 Å². The topological polar surface area (TPSA) is 30.6 Å². The van der Waals surface area contributed by atoms with Gasteiger partial charge in [-0.25, -0.2) is 0 Å². The Balaban J connectivity index is 0. The van der Waals surface area contributed by atoms with E-state index in [1.165, 1.54) is 11.1 Å². The van der Waals surface area contributed by atoms with Gasteiger partial charge in [0.15, 0.2) is 0 Å². The third-order valence-electron chi connectivity index (χ3n) is 0.136. The molecule has 0 bridgehead atoms. The van der Waals surface area contributed by atoms with E-state index in [0.29, 0.717) is 0 Å². The summed E-state index contributed by atoms with van der Waals surface area (Å²) in [6.07, 6.45) is 1.50. The summed E-state index contributed by atoms with van der Waals surface area (Å²) in [5.41, 5.74) is 0. The number of nitrogens with two attached hydrogens (primary N) is 1. The SMILES string of the molecule is Cl.[S-]/[NH+]=C/[NH2+][S-]. The molecule has 0 aliphatic heterocycles. The van der Waals surface area contributed by atoms with Gasteiger partial charge >= 0.3 is 0 Å². The Kier molecular flexibility index (Phi) is 14.7. The molecule has 2 nitrogen and oxygen atoms in total. The highest BCUT2D eigenvalue weighted by molar-refractivity contribution is 7.51. The fourth-order valence-electron chi connectivity index (χ4n) is 0.0278. The maximum absolute atomic E-state index is 4.34. The molecule has 0 radical (unpaired) electrons. The lowest BCUT2D eigenvalue weighted by Crippen LogP contribution is -2.87. The number of halogens is 1. The predicted octanol–water partition coefficient (Wildman–Crippen LogP) is -3.00. The smallest absolute Gasteiger partial charge is 0.289 e. The molecule has 0 aromatic rings. The lowest BCUT2D eigenvalue weighted by molar-refractivity contribution is -0.405. The minimum absolute atomic E-state index is 0. The highest BCUT2D eigenvalue weighted by Crippen LogP contribution is 0.774. The molecule has 0 aromatic heterocycles. The van der Waals surface area contributed by atoms with E-state index in [9.17, 15) is 0 Å². The third-order valence-corrected chi connectivity index (χ3v) is 0.408. The highest BCUT2D eigenvalue weighted by atomic mass is 35.5. The molecule has 3 N–H and O–H groups in total. The minimum Gasteiger partial charge on any atom is -0.487 e. The molecule has 0 fully saturated rings. The second-order valence-electron chi connectivity index (χ2n) is 0.421. The fraction of sp³-hybridized carbons (Fsp3) is 0. The molecule has 5 heteroatoms. The van der Waals surface area contributed by atoms with Gasteiger partial charge in [0.1, 0.15) is 0 Å². The zero-order valence-corrected chi connectivity index (χ0v) is 5.33. The van der Waals surface area contributed by atoms with Crippen LogP contribution in [0.25, 0.3) is 0 Å². The summed E-state index contributed by atoms with van der Waals surface area (Å²) in [4.78, 5) is 0. The summed E-state index contributed by atoms with van der Waals surface area (Å²) in [7, 11) is 0. The summed E-state index contributed by atoms with van der Waals surface area (Å²) in [5.74, 6) is 0. The van der Waals surface area contributed by atoms with Gasteiger partial charge in [0.05, 0.1) is 0 Å². The number of hydrogen-bond donors (Lipinski definition) is 2. The molecule has 0 spiro atoms.